The predicted molar refractivity (Wildman–Crippen MR) is 93.0 cm³/mol. The first-order valence-electron chi connectivity index (χ1n) is 7.18. The van der Waals surface area contributed by atoms with Gasteiger partial charge in [-0.25, -0.2) is 8.42 Å². The van der Waals surface area contributed by atoms with E-state index in [1.54, 1.807) is 16.4 Å². The number of benzene rings is 1. The molecule has 0 aromatic heterocycles. The highest BCUT2D eigenvalue weighted by Gasteiger charge is 2.55. The van der Waals surface area contributed by atoms with Crippen LogP contribution < -0.4 is 0 Å². The quantitative estimate of drug-likeness (QED) is 0.430. The molecule has 1 heterocycles. The summed E-state index contributed by atoms with van der Waals surface area (Å²) in [7, 11) is -3.35. The van der Waals surface area contributed by atoms with Gasteiger partial charge < -0.3 is 0 Å². The minimum Gasteiger partial charge on any atom is -0.207 e. The Morgan fingerprint density at radius 3 is 2.38 bits per heavy atom. The molecule has 0 radical (unpaired) electrons. The molecule has 4 atom stereocenters. The van der Waals surface area contributed by atoms with E-state index in [9.17, 15) is 8.42 Å². The second-order valence-corrected chi connectivity index (χ2v) is 9.66. The molecule has 0 unspecified atom stereocenters. The van der Waals surface area contributed by atoms with Crippen LogP contribution in [-0.2, 0) is 10.0 Å². The summed E-state index contributed by atoms with van der Waals surface area (Å²) >= 11 is 2.46. The van der Waals surface area contributed by atoms with Crippen LogP contribution in [0, 0.1) is 24.7 Å². The second-order valence-electron chi connectivity index (χ2n) is 6.28. The number of hydrogen-bond donors (Lipinski definition) is 0. The Hall–Kier alpha value is -0.400. The fourth-order valence-corrected chi connectivity index (χ4v) is 7.00. The van der Waals surface area contributed by atoms with E-state index in [-0.39, 0.29) is 0 Å². The molecule has 114 valence electrons. The van der Waals surface area contributed by atoms with Crippen molar-refractivity contribution < 1.29 is 8.42 Å². The molecule has 1 saturated carbocycles. The number of hydrogen-bond acceptors (Lipinski definition) is 2. The molecular formula is C16H20INO2S. The van der Waals surface area contributed by atoms with Gasteiger partial charge in [0.05, 0.1) is 4.90 Å². The van der Waals surface area contributed by atoms with Gasteiger partial charge in [-0.15, -0.1) is 0 Å². The monoisotopic (exact) mass is 417 g/mol. The molecule has 1 aromatic carbocycles. The number of sulfonamides is 1. The lowest BCUT2D eigenvalue weighted by molar-refractivity contribution is 0.180. The molecule has 3 nitrogen and oxygen atoms in total. The van der Waals surface area contributed by atoms with E-state index in [0.29, 0.717) is 39.7 Å². The summed E-state index contributed by atoms with van der Waals surface area (Å²) in [6.07, 6.45) is 0. The number of rotatable bonds is 3. The standard InChI is InChI=1S/C16H20INO2S/c1-10(2)15-13-8-18(9-14(13)16(15)17)21(19,20)12-6-4-11(3)5-7-12/h4-7,13-16H,1,8-9H2,2-3H3/t13-,14+,15+,16-/m0/s1. The summed E-state index contributed by atoms with van der Waals surface area (Å²) in [6, 6.07) is 7.14. The van der Waals surface area contributed by atoms with Crippen LogP contribution >= 0.6 is 22.6 Å². The molecule has 2 aliphatic rings. The van der Waals surface area contributed by atoms with E-state index < -0.39 is 10.0 Å². The van der Waals surface area contributed by atoms with Gasteiger partial charge in [-0.05, 0) is 43.7 Å². The number of alkyl halides is 1. The Morgan fingerprint density at radius 2 is 1.81 bits per heavy atom. The maximum Gasteiger partial charge on any atom is 0.243 e. The van der Waals surface area contributed by atoms with Crippen LogP contribution in [0.15, 0.2) is 41.3 Å². The summed E-state index contributed by atoms with van der Waals surface area (Å²) < 4.78 is 27.7. The summed E-state index contributed by atoms with van der Waals surface area (Å²) in [5, 5.41) is 0. The van der Waals surface area contributed by atoms with Gasteiger partial charge in [0.2, 0.25) is 10.0 Å². The Kier molecular flexibility index (Phi) is 3.95. The summed E-state index contributed by atoms with van der Waals surface area (Å²) in [5.41, 5.74) is 2.26. The Labute approximate surface area is 140 Å². The van der Waals surface area contributed by atoms with Gasteiger partial charge in [0.15, 0.2) is 0 Å². The number of halogens is 1. The van der Waals surface area contributed by atoms with Crippen molar-refractivity contribution in [2.45, 2.75) is 22.7 Å². The van der Waals surface area contributed by atoms with Gasteiger partial charge in [0.25, 0.3) is 0 Å². The Morgan fingerprint density at radius 1 is 1.24 bits per heavy atom. The molecule has 0 N–H and O–H groups in total. The van der Waals surface area contributed by atoms with Gasteiger partial charge in [-0.2, -0.15) is 4.31 Å². The predicted octanol–water partition coefficient (Wildman–Crippen LogP) is 3.24. The third kappa shape index (κ3) is 2.47. The summed E-state index contributed by atoms with van der Waals surface area (Å²) in [6.45, 7) is 9.38. The maximum atomic E-state index is 12.7. The zero-order valence-electron chi connectivity index (χ0n) is 12.3. The molecule has 1 aliphatic heterocycles. The van der Waals surface area contributed by atoms with Crippen LogP contribution in [0.4, 0.5) is 0 Å². The number of allylic oxidation sites excluding steroid dienone is 1. The number of aryl methyl sites for hydroxylation is 1. The minimum atomic E-state index is -3.35. The summed E-state index contributed by atoms with van der Waals surface area (Å²) in [5.74, 6) is 1.39. The first kappa shape index (κ1) is 15.5. The molecule has 3 rings (SSSR count). The molecule has 0 bridgehead atoms. The molecule has 1 aliphatic carbocycles. The fourth-order valence-electron chi connectivity index (χ4n) is 3.58. The van der Waals surface area contributed by atoms with E-state index in [1.165, 1.54) is 5.57 Å². The zero-order chi connectivity index (χ0) is 15.4. The third-order valence-electron chi connectivity index (χ3n) is 4.82. The van der Waals surface area contributed by atoms with Gasteiger partial charge in [-0.3, -0.25) is 0 Å². The molecule has 0 spiro atoms. The Balaban J connectivity index is 1.83. The van der Waals surface area contributed by atoms with E-state index in [0.717, 1.165) is 5.56 Å². The lowest BCUT2D eigenvalue weighted by atomic mass is 9.64. The molecule has 5 heteroatoms. The number of nitrogens with zero attached hydrogens (tertiary/aromatic N) is 1. The van der Waals surface area contributed by atoms with Crippen LogP contribution in [0.25, 0.3) is 0 Å². The van der Waals surface area contributed by atoms with Crippen molar-refractivity contribution in [3.63, 3.8) is 0 Å². The SMILES string of the molecule is C=C(C)[C@H]1[C@@H](I)[C@@H]2CN(S(=O)(=O)c3ccc(C)cc3)C[C@@H]21. The summed E-state index contributed by atoms with van der Waals surface area (Å²) in [4.78, 5) is 0.409. The highest BCUT2D eigenvalue weighted by Crippen LogP contribution is 2.53. The molecule has 1 aromatic rings. The second kappa shape index (κ2) is 5.35. The van der Waals surface area contributed by atoms with Gasteiger partial charge in [0.1, 0.15) is 0 Å². The van der Waals surface area contributed by atoms with E-state index in [2.05, 4.69) is 36.1 Å². The average molecular weight is 417 g/mol. The molecule has 21 heavy (non-hydrogen) atoms. The minimum absolute atomic E-state index is 0.409. The Bertz CT molecular complexity index is 668. The van der Waals surface area contributed by atoms with Gasteiger partial charge in [0, 0.05) is 17.0 Å². The normalized spacial score (nSPS) is 32.5. The van der Waals surface area contributed by atoms with Crippen molar-refractivity contribution in [1.82, 2.24) is 4.31 Å². The smallest absolute Gasteiger partial charge is 0.207 e. The van der Waals surface area contributed by atoms with Crippen molar-refractivity contribution in [1.29, 1.82) is 0 Å². The topological polar surface area (TPSA) is 37.4 Å². The zero-order valence-corrected chi connectivity index (χ0v) is 15.3. The van der Waals surface area contributed by atoms with E-state index in [1.807, 2.05) is 19.1 Å². The average Bonchev–Trinajstić information content (AvgIpc) is 2.79. The van der Waals surface area contributed by atoms with Gasteiger partial charge in [-0.1, -0.05) is 52.4 Å². The van der Waals surface area contributed by atoms with E-state index in [4.69, 9.17) is 0 Å². The third-order valence-corrected chi connectivity index (χ3v) is 8.36. The van der Waals surface area contributed by atoms with Crippen molar-refractivity contribution >= 4 is 32.6 Å². The lowest BCUT2D eigenvalue weighted by Gasteiger charge is -2.45. The van der Waals surface area contributed by atoms with Crippen LogP contribution in [0.3, 0.4) is 0 Å². The fraction of sp³-hybridized carbons (Fsp3) is 0.500. The van der Waals surface area contributed by atoms with E-state index >= 15 is 0 Å². The van der Waals surface area contributed by atoms with Crippen molar-refractivity contribution in [3.8, 4) is 0 Å². The molecule has 1 saturated heterocycles. The molecular weight excluding hydrogens is 397 g/mol. The van der Waals surface area contributed by atoms with Crippen LogP contribution in [0.5, 0.6) is 0 Å². The maximum absolute atomic E-state index is 12.7. The lowest BCUT2D eigenvalue weighted by Crippen LogP contribution is -2.47. The highest BCUT2D eigenvalue weighted by atomic mass is 127. The molecule has 2 fully saturated rings. The van der Waals surface area contributed by atoms with Crippen LogP contribution in [-0.4, -0.2) is 29.7 Å². The van der Waals surface area contributed by atoms with Crippen molar-refractivity contribution in [2.75, 3.05) is 13.1 Å². The first-order chi connectivity index (χ1) is 9.82. The van der Waals surface area contributed by atoms with Crippen molar-refractivity contribution in [3.05, 3.63) is 42.0 Å². The highest BCUT2D eigenvalue weighted by molar-refractivity contribution is 14.1. The first-order valence-corrected chi connectivity index (χ1v) is 9.87. The molecule has 0 amide bonds. The van der Waals surface area contributed by atoms with Crippen molar-refractivity contribution in [2.24, 2.45) is 17.8 Å². The largest absolute Gasteiger partial charge is 0.243 e. The number of fused-ring (bicyclic) bond motifs is 1. The van der Waals surface area contributed by atoms with Crippen LogP contribution in [0.1, 0.15) is 12.5 Å². The van der Waals surface area contributed by atoms with Crippen LogP contribution in [0.2, 0.25) is 0 Å². The van der Waals surface area contributed by atoms with Gasteiger partial charge >= 0.3 is 0 Å².